The number of hydrogen-bond acceptors (Lipinski definition) is 0. The molecule has 9 aromatic rings. The Bertz CT molecular complexity index is 3030. The van der Waals surface area contributed by atoms with Crippen LogP contribution in [0.4, 0.5) is 0 Å². The van der Waals surface area contributed by atoms with E-state index in [1.54, 1.807) is 0 Å². The molecule has 0 amide bonds. The highest BCUT2D eigenvalue weighted by Crippen LogP contribution is 2.52. The Hall–Kier alpha value is -7.02. The third-order valence-electron chi connectivity index (χ3n) is 12.2. The summed E-state index contributed by atoms with van der Waals surface area (Å²) in [6, 6.07) is 72.0. The molecule has 282 valence electrons. The van der Waals surface area contributed by atoms with Gasteiger partial charge in [0.05, 0.1) is 0 Å². The second-order valence-corrected chi connectivity index (χ2v) is 15.4. The maximum atomic E-state index is 2.38. The maximum absolute atomic E-state index is 2.38. The molecular formula is C59H46. The van der Waals surface area contributed by atoms with Gasteiger partial charge in [0.1, 0.15) is 0 Å². The van der Waals surface area contributed by atoms with E-state index in [9.17, 15) is 0 Å². The van der Waals surface area contributed by atoms with Gasteiger partial charge in [-0.05, 0) is 142 Å². The van der Waals surface area contributed by atoms with Gasteiger partial charge < -0.3 is 0 Å². The summed E-state index contributed by atoms with van der Waals surface area (Å²) < 4.78 is 0. The SMILES string of the molecule is C1=Cc2cc3ccccc3c(-c3ccc(C4=C(c5ccccc5)C(c5ccccc5)=C(c5ccc(-c6c7ccccc7cc7ccccc67)cc5)C4)cc3)c2CC1.CC. The smallest absolute Gasteiger partial charge is 0.000111 e. The molecule has 0 saturated heterocycles. The van der Waals surface area contributed by atoms with E-state index in [2.05, 4.69) is 206 Å². The van der Waals surface area contributed by atoms with Gasteiger partial charge in [0.15, 0.2) is 0 Å². The van der Waals surface area contributed by atoms with E-state index in [1.807, 2.05) is 13.8 Å². The van der Waals surface area contributed by atoms with Gasteiger partial charge in [0, 0.05) is 0 Å². The Labute approximate surface area is 348 Å². The fourth-order valence-electron chi connectivity index (χ4n) is 9.59. The van der Waals surface area contributed by atoms with Crippen LogP contribution in [0.15, 0.2) is 200 Å². The minimum atomic E-state index is 0.846. The Morgan fingerprint density at radius 3 is 1.27 bits per heavy atom. The molecule has 0 unspecified atom stereocenters. The van der Waals surface area contributed by atoms with Crippen LogP contribution in [0.25, 0.3) is 82.9 Å². The molecule has 2 aliphatic rings. The monoisotopic (exact) mass is 754 g/mol. The molecule has 0 N–H and O–H groups in total. The molecule has 0 aliphatic heterocycles. The van der Waals surface area contributed by atoms with Crippen LogP contribution in [-0.2, 0) is 6.42 Å². The highest BCUT2D eigenvalue weighted by atomic mass is 14.3. The van der Waals surface area contributed by atoms with Crippen molar-refractivity contribution in [2.75, 3.05) is 0 Å². The fourth-order valence-corrected chi connectivity index (χ4v) is 9.59. The van der Waals surface area contributed by atoms with E-state index < -0.39 is 0 Å². The third-order valence-corrected chi connectivity index (χ3v) is 12.2. The molecule has 0 heterocycles. The number of fused-ring (bicyclic) bond motifs is 4. The molecule has 9 aromatic carbocycles. The number of hydrogen-bond donors (Lipinski definition) is 0. The van der Waals surface area contributed by atoms with Crippen LogP contribution in [0.2, 0.25) is 0 Å². The summed E-state index contributed by atoms with van der Waals surface area (Å²) >= 11 is 0. The van der Waals surface area contributed by atoms with Gasteiger partial charge in [-0.1, -0.05) is 208 Å². The van der Waals surface area contributed by atoms with E-state index in [1.165, 1.54) is 110 Å². The van der Waals surface area contributed by atoms with Crippen molar-refractivity contribution in [1.29, 1.82) is 0 Å². The molecule has 0 heteroatoms. The summed E-state index contributed by atoms with van der Waals surface area (Å²) in [4.78, 5) is 0. The molecule has 0 bridgehead atoms. The lowest BCUT2D eigenvalue weighted by Gasteiger charge is -2.19. The molecule has 59 heavy (non-hydrogen) atoms. The highest BCUT2D eigenvalue weighted by molar-refractivity contribution is 6.27. The van der Waals surface area contributed by atoms with Gasteiger partial charge in [-0.15, -0.1) is 0 Å². The van der Waals surface area contributed by atoms with Crippen LogP contribution in [0.3, 0.4) is 0 Å². The largest absolute Gasteiger partial charge is 0.0836 e. The predicted octanol–water partition coefficient (Wildman–Crippen LogP) is 16.4. The lowest BCUT2D eigenvalue weighted by molar-refractivity contribution is 0.991. The lowest BCUT2D eigenvalue weighted by Crippen LogP contribution is -1.99. The topological polar surface area (TPSA) is 0 Å². The maximum Gasteiger partial charge on any atom is -0.000111 e. The van der Waals surface area contributed by atoms with Crippen LogP contribution in [0, 0.1) is 0 Å². The zero-order chi connectivity index (χ0) is 39.7. The first-order valence-electron chi connectivity index (χ1n) is 21.2. The van der Waals surface area contributed by atoms with Crippen molar-refractivity contribution in [1.82, 2.24) is 0 Å². The van der Waals surface area contributed by atoms with Gasteiger partial charge >= 0.3 is 0 Å². The Morgan fingerprint density at radius 1 is 0.356 bits per heavy atom. The first-order chi connectivity index (χ1) is 29.3. The molecule has 0 nitrogen and oxygen atoms in total. The zero-order valence-corrected chi connectivity index (χ0v) is 33.8. The van der Waals surface area contributed by atoms with Crippen molar-refractivity contribution in [2.24, 2.45) is 0 Å². The van der Waals surface area contributed by atoms with Crippen molar-refractivity contribution in [3.63, 3.8) is 0 Å². The molecule has 0 fully saturated rings. The van der Waals surface area contributed by atoms with E-state index in [0.717, 1.165) is 19.3 Å². The molecule has 0 saturated carbocycles. The molecule has 0 aromatic heterocycles. The second-order valence-electron chi connectivity index (χ2n) is 15.4. The summed E-state index contributed by atoms with van der Waals surface area (Å²) in [5.41, 5.74) is 18.4. The van der Waals surface area contributed by atoms with Crippen LogP contribution < -0.4 is 0 Å². The van der Waals surface area contributed by atoms with Crippen molar-refractivity contribution >= 4 is 60.7 Å². The molecule has 11 rings (SSSR count). The number of benzene rings is 9. The molecule has 2 aliphatic carbocycles. The summed E-state index contributed by atoms with van der Waals surface area (Å²) in [5, 5.41) is 7.74. The lowest BCUT2D eigenvalue weighted by atomic mass is 9.84. The van der Waals surface area contributed by atoms with Gasteiger partial charge in [-0.2, -0.15) is 0 Å². The predicted molar refractivity (Wildman–Crippen MR) is 256 cm³/mol. The van der Waals surface area contributed by atoms with E-state index in [-0.39, 0.29) is 0 Å². The summed E-state index contributed by atoms with van der Waals surface area (Å²) in [6.07, 6.45) is 7.63. The minimum Gasteiger partial charge on any atom is -0.0836 e. The second kappa shape index (κ2) is 15.7. The van der Waals surface area contributed by atoms with Crippen molar-refractivity contribution in [3.05, 3.63) is 234 Å². The summed E-state index contributed by atoms with van der Waals surface area (Å²) in [7, 11) is 0. The molecule has 0 atom stereocenters. The van der Waals surface area contributed by atoms with E-state index in [4.69, 9.17) is 0 Å². The molecule has 0 spiro atoms. The van der Waals surface area contributed by atoms with Crippen LogP contribution in [0.5, 0.6) is 0 Å². The Morgan fingerprint density at radius 2 is 0.763 bits per heavy atom. The van der Waals surface area contributed by atoms with E-state index in [0.29, 0.717) is 0 Å². The van der Waals surface area contributed by atoms with Crippen molar-refractivity contribution in [2.45, 2.75) is 33.1 Å². The van der Waals surface area contributed by atoms with Crippen LogP contribution >= 0.6 is 0 Å². The number of rotatable bonds is 6. The minimum absolute atomic E-state index is 0.846. The summed E-state index contributed by atoms with van der Waals surface area (Å²) in [6.45, 7) is 4.00. The van der Waals surface area contributed by atoms with E-state index >= 15 is 0 Å². The summed E-state index contributed by atoms with van der Waals surface area (Å²) in [5.74, 6) is 0. The van der Waals surface area contributed by atoms with Crippen molar-refractivity contribution in [3.8, 4) is 22.3 Å². The average Bonchev–Trinajstić information content (AvgIpc) is 3.72. The van der Waals surface area contributed by atoms with Gasteiger partial charge in [0.2, 0.25) is 0 Å². The van der Waals surface area contributed by atoms with Gasteiger partial charge in [0.25, 0.3) is 0 Å². The normalized spacial score (nSPS) is 13.5. The van der Waals surface area contributed by atoms with Crippen LogP contribution in [-0.4, -0.2) is 0 Å². The highest BCUT2D eigenvalue weighted by Gasteiger charge is 2.29. The third kappa shape index (κ3) is 6.52. The van der Waals surface area contributed by atoms with Gasteiger partial charge in [-0.3, -0.25) is 0 Å². The van der Waals surface area contributed by atoms with Gasteiger partial charge in [-0.25, -0.2) is 0 Å². The zero-order valence-electron chi connectivity index (χ0n) is 33.8. The molecular weight excluding hydrogens is 709 g/mol. The Balaban J connectivity index is 0.00000207. The van der Waals surface area contributed by atoms with Crippen LogP contribution in [0.1, 0.15) is 60.1 Å². The molecule has 0 radical (unpaired) electrons. The number of allylic oxidation sites excluding steroid dienone is 5. The Kier molecular flexibility index (Phi) is 9.69. The first kappa shape index (κ1) is 36.3. The quantitative estimate of drug-likeness (QED) is 0.148. The first-order valence-corrected chi connectivity index (χ1v) is 21.2. The van der Waals surface area contributed by atoms with Crippen molar-refractivity contribution < 1.29 is 0 Å². The average molecular weight is 755 g/mol. The standard InChI is InChI=1S/C57H40.C2H6/c1-3-15-40(16-4-1)56-52(38-27-31-42(32-28-38)54-48-23-11-7-19-44(48)35-45-20-8-12-24-49(45)54)37-53(57(56)41-17-5-2-6-18-41)39-29-33-43(34-30-39)55-50-25-13-9-21-46(50)36-47-22-10-14-26-51(47)55;1-2/h1-13,15-25,27-36H,14,26,37H2;1-2H3. The fraction of sp³-hybridized carbons (Fsp3) is 0.0847.